The van der Waals surface area contributed by atoms with Gasteiger partial charge in [-0.2, -0.15) is 5.10 Å². The molecule has 3 aromatic rings. The highest BCUT2D eigenvalue weighted by Crippen LogP contribution is 2.26. The summed E-state index contributed by atoms with van der Waals surface area (Å²) in [6.07, 6.45) is 4.07. The van der Waals surface area contributed by atoms with Crippen LogP contribution in [0.5, 0.6) is 5.75 Å². The molecule has 164 valence electrons. The number of hydrogen-bond donors (Lipinski definition) is 1. The topological polar surface area (TPSA) is 53.9 Å². The Bertz CT molecular complexity index is 1090. The van der Waals surface area contributed by atoms with Crippen LogP contribution in [0.1, 0.15) is 34.3 Å². The molecule has 0 unspecified atom stereocenters. The van der Waals surface area contributed by atoms with Crippen molar-refractivity contribution in [3.8, 4) is 5.75 Å². The van der Waals surface area contributed by atoms with Crippen LogP contribution < -0.4 is 15.1 Å². The predicted molar refractivity (Wildman–Crippen MR) is 136 cm³/mol. The molecule has 32 heavy (non-hydrogen) atoms. The second kappa shape index (κ2) is 10.8. The lowest BCUT2D eigenvalue weighted by molar-refractivity contribution is 0.0955. The van der Waals surface area contributed by atoms with Crippen molar-refractivity contribution in [3.05, 3.63) is 92.4 Å². The molecule has 1 fully saturated rings. The van der Waals surface area contributed by atoms with E-state index in [0.29, 0.717) is 12.2 Å². The normalized spacial score (nSPS) is 13.5. The van der Waals surface area contributed by atoms with Crippen LogP contribution in [0.4, 0.5) is 5.69 Å². The van der Waals surface area contributed by atoms with Gasteiger partial charge in [0.05, 0.1) is 10.7 Å². The maximum Gasteiger partial charge on any atom is 0.271 e. The van der Waals surface area contributed by atoms with Crippen molar-refractivity contribution in [1.29, 1.82) is 0 Å². The van der Waals surface area contributed by atoms with E-state index in [9.17, 15) is 4.79 Å². The van der Waals surface area contributed by atoms with Crippen molar-refractivity contribution < 1.29 is 9.53 Å². The monoisotopic (exact) mass is 555 g/mol. The smallest absolute Gasteiger partial charge is 0.271 e. The summed E-state index contributed by atoms with van der Waals surface area (Å²) in [4.78, 5) is 14.7. The second-order valence-corrected chi connectivity index (χ2v) is 9.32. The number of carbonyl (C=O) groups excluding carboxylic acids is 1. The molecule has 1 N–H and O–H groups in total. The van der Waals surface area contributed by atoms with E-state index in [1.165, 1.54) is 12.8 Å². The van der Waals surface area contributed by atoms with Crippen molar-refractivity contribution in [3.63, 3.8) is 0 Å². The zero-order valence-electron chi connectivity index (χ0n) is 17.4. The molecule has 0 bridgehead atoms. The summed E-state index contributed by atoms with van der Waals surface area (Å²) in [6.45, 7) is 2.64. The van der Waals surface area contributed by atoms with Crippen LogP contribution >= 0.6 is 31.9 Å². The van der Waals surface area contributed by atoms with E-state index in [4.69, 9.17) is 4.74 Å². The standard InChI is InChI=1S/C25H23Br2N3O2/c26-21-8-3-18(4-9-21)17-32-24-12-5-19(15-23(24)27)16-28-29-25(31)20-6-10-22(11-7-20)30-13-1-2-14-30/h3-12,15-16H,1-2,13-14,17H2,(H,29,31)/b28-16-. The third kappa shape index (κ3) is 5.99. The summed E-state index contributed by atoms with van der Waals surface area (Å²) >= 11 is 6.97. The fourth-order valence-electron chi connectivity index (χ4n) is 3.49. The maximum atomic E-state index is 12.4. The highest BCUT2D eigenvalue weighted by atomic mass is 79.9. The molecule has 0 atom stereocenters. The van der Waals surface area contributed by atoms with Gasteiger partial charge >= 0.3 is 0 Å². The van der Waals surface area contributed by atoms with Gasteiger partial charge < -0.3 is 9.64 Å². The van der Waals surface area contributed by atoms with Gasteiger partial charge in [-0.15, -0.1) is 0 Å². The molecule has 1 aliphatic heterocycles. The molecular formula is C25H23Br2N3O2. The van der Waals surface area contributed by atoms with Crippen molar-refractivity contribution in [2.24, 2.45) is 5.10 Å². The molecule has 0 spiro atoms. The zero-order chi connectivity index (χ0) is 22.3. The fraction of sp³-hybridized carbons (Fsp3) is 0.200. The molecule has 0 radical (unpaired) electrons. The van der Waals surface area contributed by atoms with E-state index in [0.717, 1.165) is 44.6 Å². The maximum absolute atomic E-state index is 12.4. The van der Waals surface area contributed by atoms with Gasteiger partial charge in [0, 0.05) is 28.8 Å². The molecule has 1 amide bonds. The number of ether oxygens (including phenoxy) is 1. The molecule has 5 nitrogen and oxygen atoms in total. The van der Waals surface area contributed by atoms with Gasteiger partial charge in [-0.05, 0) is 94.5 Å². The Morgan fingerprint density at radius 3 is 2.41 bits per heavy atom. The van der Waals surface area contributed by atoms with Gasteiger partial charge in [0.25, 0.3) is 5.91 Å². The molecule has 7 heteroatoms. The Hall–Kier alpha value is -2.64. The average molecular weight is 557 g/mol. The first-order chi connectivity index (χ1) is 15.6. The van der Waals surface area contributed by atoms with Crippen LogP contribution in [0, 0.1) is 0 Å². The number of nitrogens with one attached hydrogen (secondary N) is 1. The number of carbonyl (C=O) groups is 1. The third-order valence-corrected chi connectivity index (χ3v) is 6.39. The largest absolute Gasteiger partial charge is 0.488 e. The number of halogens is 2. The number of amides is 1. The van der Waals surface area contributed by atoms with E-state index >= 15 is 0 Å². The minimum absolute atomic E-state index is 0.234. The summed E-state index contributed by atoms with van der Waals surface area (Å²) in [5.74, 6) is 0.509. The van der Waals surface area contributed by atoms with Crippen LogP contribution in [0.2, 0.25) is 0 Å². The van der Waals surface area contributed by atoms with Crippen LogP contribution in [0.25, 0.3) is 0 Å². The fourth-order valence-corrected chi connectivity index (χ4v) is 4.26. The summed E-state index contributed by atoms with van der Waals surface area (Å²) in [6, 6.07) is 21.3. The molecule has 3 aromatic carbocycles. The number of hydrogen-bond acceptors (Lipinski definition) is 4. The molecule has 1 saturated heterocycles. The van der Waals surface area contributed by atoms with Crippen molar-refractivity contribution in [2.75, 3.05) is 18.0 Å². The summed E-state index contributed by atoms with van der Waals surface area (Å²) in [5.41, 5.74) is 6.27. The van der Waals surface area contributed by atoms with Gasteiger partial charge in [-0.25, -0.2) is 5.43 Å². The first-order valence-corrected chi connectivity index (χ1v) is 12.0. The highest BCUT2D eigenvalue weighted by molar-refractivity contribution is 9.10. The third-order valence-electron chi connectivity index (χ3n) is 5.24. The van der Waals surface area contributed by atoms with Gasteiger partial charge in [0.15, 0.2) is 0 Å². The van der Waals surface area contributed by atoms with Gasteiger partial charge in [0.1, 0.15) is 12.4 Å². The number of anilines is 1. The first-order valence-electron chi connectivity index (χ1n) is 10.4. The van der Waals surface area contributed by atoms with E-state index in [2.05, 4.69) is 47.3 Å². The SMILES string of the molecule is O=C(N/N=C\c1ccc(OCc2ccc(Br)cc2)c(Br)c1)c1ccc(N2CCCC2)cc1. The molecule has 4 rings (SSSR count). The minimum atomic E-state index is -0.234. The Morgan fingerprint density at radius 2 is 1.72 bits per heavy atom. The molecule has 1 heterocycles. The lowest BCUT2D eigenvalue weighted by Gasteiger charge is -2.17. The van der Waals surface area contributed by atoms with Crippen LogP contribution in [0.3, 0.4) is 0 Å². The van der Waals surface area contributed by atoms with Crippen molar-refractivity contribution in [1.82, 2.24) is 5.43 Å². The minimum Gasteiger partial charge on any atom is -0.488 e. The summed E-state index contributed by atoms with van der Waals surface area (Å²) in [7, 11) is 0. The first kappa shape index (κ1) is 22.6. The van der Waals surface area contributed by atoms with Crippen molar-refractivity contribution in [2.45, 2.75) is 19.4 Å². The summed E-state index contributed by atoms with van der Waals surface area (Å²) in [5, 5.41) is 4.09. The Labute approximate surface area is 204 Å². The Morgan fingerprint density at radius 1 is 1.00 bits per heavy atom. The molecular weight excluding hydrogens is 534 g/mol. The Balaban J connectivity index is 1.30. The lowest BCUT2D eigenvalue weighted by atomic mass is 10.2. The summed E-state index contributed by atoms with van der Waals surface area (Å²) < 4.78 is 7.75. The van der Waals surface area contributed by atoms with Crippen LogP contribution in [-0.2, 0) is 6.61 Å². The van der Waals surface area contributed by atoms with Crippen LogP contribution in [-0.4, -0.2) is 25.2 Å². The number of nitrogens with zero attached hydrogens (tertiary/aromatic N) is 2. The highest BCUT2D eigenvalue weighted by Gasteiger charge is 2.13. The lowest BCUT2D eigenvalue weighted by Crippen LogP contribution is -2.19. The predicted octanol–water partition coefficient (Wildman–Crippen LogP) is 6.15. The quantitative estimate of drug-likeness (QED) is 0.280. The van der Waals surface area contributed by atoms with Gasteiger partial charge in [0.2, 0.25) is 0 Å². The van der Waals surface area contributed by atoms with Crippen molar-refractivity contribution >= 4 is 49.7 Å². The van der Waals surface area contributed by atoms with E-state index in [1.807, 2.05) is 66.7 Å². The Kier molecular flexibility index (Phi) is 7.60. The molecule has 0 aliphatic carbocycles. The molecule has 0 saturated carbocycles. The second-order valence-electron chi connectivity index (χ2n) is 7.55. The zero-order valence-corrected chi connectivity index (χ0v) is 20.6. The van der Waals surface area contributed by atoms with E-state index in [-0.39, 0.29) is 5.91 Å². The average Bonchev–Trinajstić information content (AvgIpc) is 3.35. The molecule has 1 aliphatic rings. The van der Waals surface area contributed by atoms with Gasteiger partial charge in [-0.3, -0.25) is 4.79 Å². The molecule has 0 aromatic heterocycles. The van der Waals surface area contributed by atoms with E-state index < -0.39 is 0 Å². The van der Waals surface area contributed by atoms with Crippen LogP contribution in [0.15, 0.2) is 80.8 Å². The number of hydrazone groups is 1. The number of rotatable bonds is 7. The van der Waals surface area contributed by atoms with E-state index in [1.54, 1.807) is 6.21 Å². The number of benzene rings is 3. The van der Waals surface area contributed by atoms with Gasteiger partial charge in [-0.1, -0.05) is 28.1 Å².